The first kappa shape index (κ1) is 14.8. The normalized spacial score (nSPS) is 13.8. The fourth-order valence-electron chi connectivity index (χ4n) is 1.80. The van der Waals surface area contributed by atoms with Crippen LogP contribution in [0.4, 0.5) is 5.69 Å². The van der Waals surface area contributed by atoms with Crippen molar-refractivity contribution in [3.8, 4) is 0 Å². The van der Waals surface area contributed by atoms with Gasteiger partial charge in [-0.2, -0.15) is 0 Å². The fraction of sp³-hybridized carbons (Fsp3) is 0.429. The van der Waals surface area contributed by atoms with Gasteiger partial charge in [-0.05, 0) is 37.5 Å². The van der Waals surface area contributed by atoms with Crippen LogP contribution in [0.2, 0.25) is 0 Å². The third-order valence-corrected chi connectivity index (χ3v) is 3.56. The van der Waals surface area contributed by atoms with Gasteiger partial charge in [-0.1, -0.05) is 15.9 Å². The average Bonchev–Trinajstić information content (AvgIpc) is 3.21. The number of nitrogens with one attached hydrogen (secondary N) is 2. The van der Waals surface area contributed by atoms with Gasteiger partial charge in [-0.25, -0.2) is 0 Å². The standard InChI is InChI=1S/C14H18BrN3O2/c15-9-3-6-12(16)11(8-9)14(20)17-7-1-2-13(19)18-10-4-5-10/h3,6,8,10H,1-2,4-5,7,16H2,(H,17,20)(H,18,19). The van der Waals surface area contributed by atoms with E-state index >= 15 is 0 Å². The number of anilines is 1. The summed E-state index contributed by atoms with van der Waals surface area (Å²) in [4.78, 5) is 23.4. The highest BCUT2D eigenvalue weighted by atomic mass is 79.9. The molecule has 0 spiro atoms. The second-order valence-electron chi connectivity index (χ2n) is 4.93. The zero-order valence-corrected chi connectivity index (χ0v) is 12.7. The van der Waals surface area contributed by atoms with Crippen LogP contribution in [0.25, 0.3) is 0 Å². The number of amides is 2. The molecule has 0 bridgehead atoms. The molecule has 4 N–H and O–H groups in total. The van der Waals surface area contributed by atoms with E-state index in [4.69, 9.17) is 5.73 Å². The number of carbonyl (C=O) groups is 2. The summed E-state index contributed by atoms with van der Waals surface area (Å²) in [6.45, 7) is 0.461. The molecule has 0 aliphatic heterocycles. The van der Waals surface area contributed by atoms with Gasteiger partial charge in [0.2, 0.25) is 5.91 Å². The molecule has 0 radical (unpaired) electrons. The van der Waals surface area contributed by atoms with Crippen LogP contribution in [0, 0.1) is 0 Å². The first-order valence-electron chi connectivity index (χ1n) is 6.69. The van der Waals surface area contributed by atoms with Crippen molar-refractivity contribution in [2.45, 2.75) is 31.7 Å². The quantitative estimate of drug-likeness (QED) is 0.546. The van der Waals surface area contributed by atoms with Crippen LogP contribution < -0.4 is 16.4 Å². The maximum Gasteiger partial charge on any atom is 0.253 e. The van der Waals surface area contributed by atoms with E-state index in [-0.39, 0.29) is 11.8 Å². The van der Waals surface area contributed by atoms with Crippen LogP contribution in [0.5, 0.6) is 0 Å². The Labute approximate surface area is 126 Å². The molecule has 2 amide bonds. The van der Waals surface area contributed by atoms with Crippen LogP contribution in [-0.2, 0) is 4.79 Å². The summed E-state index contributed by atoms with van der Waals surface area (Å²) in [6.07, 6.45) is 3.23. The molecule has 2 rings (SSSR count). The lowest BCUT2D eigenvalue weighted by molar-refractivity contribution is -0.121. The molecule has 108 valence electrons. The van der Waals surface area contributed by atoms with Crippen molar-refractivity contribution < 1.29 is 9.59 Å². The molecule has 5 nitrogen and oxygen atoms in total. The number of nitrogens with two attached hydrogens (primary N) is 1. The number of halogens is 1. The minimum Gasteiger partial charge on any atom is -0.398 e. The van der Waals surface area contributed by atoms with Gasteiger partial charge in [-0.3, -0.25) is 9.59 Å². The number of benzene rings is 1. The zero-order valence-electron chi connectivity index (χ0n) is 11.1. The summed E-state index contributed by atoms with van der Waals surface area (Å²) >= 11 is 3.31. The predicted octanol–water partition coefficient (Wildman–Crippen LogP) is 1.82. The summed E-state index contributed by atoms with van der Waals surface area (Å²) in [5.74, 6) is -0.157. The first-order chi connectivity index (χ1) is 9.56. The number of nitrogen functional groups attached to an aromatic ring is 1. The lowest BCUT2D eigenvalue weighted by Gasteiger charge is -2.08. The van der Waals surface area contributed by atoms with Crippen LogP contribution in [0.1, 0.15) is 36.0 Å². The van der Waals surface area contributed by atoms with Crippen molar-refractivity contribution >= 4 is 33.4 Å². The Morgan fingerprint density at radius 2 is 2.10 bits per heavy atom. The van der Waals surface area contributed by atoms with Crippen LogP contribution in [0.3, 0.4) is 0 Å². The topological polar surface area (TPSA) is 84.2 Å². The maximum atomic E-state index is 11.9. The molecule has 0 atom stereocenters. The highest BCUT2D eigenvalue weighted by Crippen LogP contribution is 2.19. The zero-order chi connectivity index (χ0) is 14.5. The highest BCUT2D eigenvalue weighted by Gasteiger charge is 2.22. The van der Waals surface area contributed by atoms with Crippen molar-refractivity contribution in [3.05, 3.63) is 28.2 Å². The molecule has 1 aromatic carbocycles. The molecular weight excluding hydrogens is 322 g/mol. The van der Waals surface area contributed by atoms with Gasteiger partial charge in [0.25, 0.3) is 5.91 Å². The lowest BCUT2D eigenvalue weighted by atomic mass is 10.1. The van der Waals surface area contributed by atoms with Crippen LogP contribution >= 0.6 is 15.9 Å². The summed E-state index contributed by atoms with van der Waals surface area (Å²) in [7, 11) is 0. The Bertz CT molecular complexity index is 515. The molecule has 1 aromatic rings. The molecule has 20 heavy (non-hydrogen) atoms. The SMILES string of the molecule is Nc1ccc(Br)cc1C(=O)NCCCC(=O)NC1CC1. The molecule has 0 heterocycles. The molecule has 0 saturated heterocycles. The molecule has 0 aromatic heterocycles. The molecule has 1 saturated carbocycles. The number of hydrogen-bond acceptors (Lipinski definition) is 3. The Morgan fingerprint density at radius 3 is 2.80 bits per heavy atom. The number of carbonyl (C=O) groups excluding carboxylic acids is 2. The summed E-state index contributed by atoms with van der Waals surface area (Å²) in [6, 6.07) is 5.54. The van der Waals surface area contributed by atoms with E-state index in [1.165, 1.54) is 0 Å². The average molecular weight is 340 g/mol. The third-order valence-electron chi connectivity index (χ3n) is 3.07. The van der Waals surface area contributed by atoms with Gasteiger partial charge in [0.15, 0.2) is 0 Å². The van der Waals surface area contributed by atoms with Gasteiger partial charge in [0, 0.05) is 29.2 Å². The number of hydrogen-bond donors (Lipinski definition) is 3. The Kier molecular flexibility index (Phi) is 5.00. The van der Waals surface area contributed by atoms with Crippen LogP contribution in [0.15, 0.2) is 22.7 Å². The molecule has 1 aliphatic rings. The van der Waals surface area contributed by atoms with Crippen LogP contribution in [-0.4, -0.2) is 24.4 Å². The fourth-order valence-corrected chi connectivity index (χ4v) is 2.16. The molecule has 6 heteroatoms. The maximum absolute atomic E-state index is 11.9. The third kappa shape index (κ3) is 4.52. The molecule has 1 aliphatic carbocycles. The largest absolute Gasteiger partial charge is 0.398 e. The predicted molar refractivity (Wildman–Crippen MR) is 81.3 cm³/mol. The van der Waals surface area contributed by atoms with E-state index in [9.17, 15) is 9.59 Å². The summed E-state index contributed by atoms with van der Waals surface area (Å²) in [5, 5.41) is 5.68. The number of rotatable bonds is 6. The van der Waals surface area contributed by atoms with Gasteiger partial charge in [0.05, 0.1) is 5.56 Å². The smallest absolute Gasteiger partial charge is 0.253 e. The van der Waals surface area contributed by atoms with Gasteiger partial charge >= 0.3 is 0 Å². The minimum atomic E-state index is -0.216. The Hall–Kier alpha value is -1.56. The Balaban J connectivity index is 1.71. The highest BCUT2D eigenvalue weighted by molar-refractivity contribution is 9.10. The van der Waals surface area contributed by atoms with E-state index < -0.39 is 0 Å². The molecule has 0 unspecified atom stereocenters. The summed E-state index contributed by atoms with van der Waals surface area (Å²) in [5.41, 5.74) is 6.65. The van der Waals surface area contributed by atoms with Crippen molar-refractivity contribution in [3.63, 3.8) is 0 Å². The van der Waals surface area contributed by atoms with E-state index in [2.05, 4.69) is 26.6 Å². The van der Waals surface area contributed by atoms with Gasteiger partial charge < -0.3 is 16.4 Å². The summed E-state index contributed by atoms with van der Waals surface area (Å²) < 4.78 is 0.806. The first-order valence-corrected chi connectivity index (χ1v) is 7.48. The van der Waals surface area contributed by atoms with Crippen molar-refractivity contribution in [2.24, 2.45) is 0 Å². The second kappa shape index (κ2) is 6.74. The van der Waals surface area contributed by atoms with E-state index in [0.29, 0.717) is 36.7 Å². The second-order valence-corrected chi connectivity index (χ2v) is 5.85. The van der Waals surface area contributed by atoms with E-state index in [0.717, 1.165) is 17.3 Å². The van der Waals surface area contributed by atoms with Crippen molar-refractivity contribution in [1.82, 2.24) is 10.6 Å². The van der Waals surface area contributed by atoms with Gasteiger partial charge in [-0.15, -0.1) is 0 Å². The lowest BCUT2D eigenvalue weighted by Crippen LogP contribution is -2.28. The van der Waals surface area contributed by atoms with Crippen molar-refractivity contribution in [2.75, 3.05) is 12.3 Å². The van der Waals surface area contributed by atoms with E-state index in [1.54, 1.807) is 18.2 Å². The van der Waals surface area contributed by atoms with E-state index in [1.807, 2.05) is 0 Å². The van der Waals surface area contributed by atoms with Crippen molar-refractivity contribution in [1.29, 1.82) is 0 Å². The molecular formula is C14H18BrN3O2. The molecule has 1 fully saturated rings. The monoisotopic (exact) mass is 339 g/mol. The minimum absolute atomic E-state index is 0.0590. The van der Waals surface area contributed by atoms with Gasteiger partial charge in [0.1, 0.15) is 0 Å². The Morgan fingerprint density at radius 1 is 1.35 bits per heavy atom.